The molecule has 1 spiro atoms. The van der Waals surface area contributed by atoms with E-state index in [4.69, 9.17) is 5.73 Å². The number of aromatic nitrogens is 1. The van der Waals surface area contributed by atoms with Crippen molar-refractivity contribution in [3.05, 3.63) is 35.7 Å². The second-order valence-corrected chi connectivity index (χ2v) is 17.5. The molecular weight excluding hydrogens is 606 g/mol. The second kappa shape index (κ2) is 13.0. The molecule has 4 amide bonds. The number of Topliss-reactive ketones (excluding diaryl/α,β-unsaturated/α-hetero) is 1. The van der Waals surface area contributed by atoms with E-state index < -0.39 is 29.6 Å². The van der Waals surface area contributed by atoms with Crippen LogP contribution in [0.3, 0.4) is 0 Å². The lowest BCUT2D eigenvalue weighted by molar-refractivity contribution is -0.142. The van der Waals surface area contributed by atoms with Gasteiger partial charge < -0.3 is 31.9 Å². The molecule has 1 aromatic rings. The largest absolute Gasteiger partial charge is 0.396 e. The van der Waals surface area contributed by atoms with Gasteiger partial charge in [0.15, 0.2) is 0 Å². The minimum atomic E-state index is -0.899. The summed E-state index contributed by atoms with van der Waals surface area (Å²) in [6.45, 7) is 17.2. The van der Waals surface area contributed by atoms with Gasteiger partial charge in [0.25, 0.3) is 0 Å². The number of nitrogens with two attached hydrogens (primary N) is 1. The van der Waals surface area contributed by atoms with Crippen molar-refractivity contribution in [2.45, 2.75) is 125 Å². The molecule has 264 valence electrons. The summed E-state index contributed by atoms with van der Waals surface area (Å²) in [5, 5.41) is 12.4. The van der Waals surface area contributed by atoms with Crippen LogP contribution in [0.1, 0.15) is 100 Å². The van der Waals surface area contributed by atoms with Crippen molar-refractivity contribution in [1.82, 2.24) is 25.8 Å². The van der Waals surface area contributed by atoms with E-state index in [1.165, 1.54) is 0 Å². The molecule has 1 saturated heterocycles. The highest BCUT2D eigenvalue weighted by Gasteiger charge is 2.59. The maximum Gasteiger partial charge on any atom is 0.315 e. The molecule has 48 heavy (non-hydrogen) atoms. The standard InChI is InChI=1S/C37H57N7O4/c1-34(2,3)26(20-40-27-12-9-10-17-39-27)42-33(48)43-30(35(4,5)6)32(47)44-21-37(16-11-15-36(37,7)8)19-25(44)31(46)41-24-18-22-13-14-23(22)28(38)29(24)45/h9-10,12,17,22,24-26,30H,11,13-16,18-21,38H2,1-8H3,(H,39,40)(H,41,46)(H2,42,43,48)/t22?,24?,25-,26?,30+,37-/m0/s1. The number of fused-ring (bicyclic) bond motifs is 1. The predicted octanol–water partition coefficient (Wildman–Crippen LogP) is 4.50. The number of likely N-dealkylation sites (tertiary alicyclic amines) is 1. The van der Waals surface area contributed by atoms with Crippen LogP contribution in [0.5, 0.6) is 0 Å². The lowest BCUT2D eigenvalue weighted by Gasteiger charge is -2.40. The number of carbonyl (C=O) groups excluding carboxylic acids is 4. The lowest BCUT2D eigenvalue weighted by atomic mass is 9.66. The van der Waals surface area contributed by atoms with Gasteiger partial charge in [0, 0.05) is 19.3 Å². The zero-order valence-electron chi connectivity index (χ0n) is 30.2. The Bertz CT molecular complexity index is 1440. The highest BCUT2D eigenvalue weighted by Crippen LogP contribution is 2.59. The molecule has 0 bridgehead atoms. The molecule has 3 aliphatic carbocycles. The molecule has 6 N–H and O–H groups in total. The molecule has 0 aromatic carbocycles. The number of rotatable bonds is 8. The molecule has 2 heterocycles. The van der Waals surface area contributed by atoms with Crippen molar-refractivity contribution in [1.29, 1.82) is 0 Å². The molecule has 3 fully saturated rings. The number of amides is 4. The van der Waals surface area contributed by atoms with Gasteiger partial charge in [-0.15, -0.1) is 0 Å². The van der Waals surface area contributed by atoms with E-state index in [2.05, 4.69) is 40.1 Å². The summed E-state index contributed by atoms with van der Waals surface area (Å²) in [7, 11) is 0. The first-order valence-corrected chi connectivity index (χ1v) is 17.7. The Morgan fingerprint density at radius 1 is 1.06 bits per heavy atom. The van der Waals surface area contributed by atoms with Crippen LogP contribution in [0.15, 0.2) is 35.7 Å². The highest BCUT2D eigenvalue weighted by molar-refractivity contribution is 6.03. The summed E-state index contributed by atoms with van der Waals surface area (Å²) in [6, 6.07) is 2.54. The molecule has 1 aromatic heterocycles. The Morgan fingerprint density at radius 2 is 1.79 bits per heavy atom. The molecule has 11 nitrogen and oxygen atoms in total. The molecule has 2 saturated carbocycles. The Labute approximate surface area is 286 Å². The van der Waals surface area contributed by atoms with E-state index in [0.717, 1.165) is 37.7 Å². The van der Waals surface area contributed by atoms with Crippen molar-refractivity contribution in [2.75, 3.05) is 18.4 Å². The predicted molar refractivity (Wildman–Crippen MR) is 187 cm³/mol. The van der Waals surface area contributed by atoms with Gasteiger partial charge >= 0.3 is 6.03 Å². The fraction of sp³-hybridized carbons (Fsp3) is 0.703. The van der Waals surface area contributed by atoms with Gasteiger partial charge in [0.05, 0.1) is 17.8 Å². The number of ketones is 1. The monoisotopic (exact) mass is 663 g/mol. The van der Waals surface area contributed by atoms with Gasteiger partial charge in [-0.05, 0) is 83.8 Å². The first kappa shape index (κ1) is 35.7. The van der Waals surface area contributed by atoms with E-state index >= 15 is 0 Å². The molecule has 3 unspecified atom stereocenters. The summed E-state index contributed by atoms with van der Waals surface area (Å²) in [5.41, 5.74) is 6.25. The van der Waals surface area contributed by atoms with Gasteiger partial charge in [0.2, 0.25) is 17.6 Å². The summed E-state index contributed by atoms with van der Waals surface area (Å²) < 4.78 is 0. The molecule has 0 radical (unpaired) electrons. The summed E-state index contributed by atoms with van der Waals surface area (Å²) in [6.07, 6.45) is 7.55. The maximum atomic E-state index is 14.7. The van der Waals surface area contributed by atoms with Gasteiger partial charge in [0.1, 0.15) is 17.9 Å². The normalized spacial score (nSPS) is 28.0. The molecule has 4 aliphatic rings. The lowest BCUT2D eigenvalue weighted by Crippen LogP contribution is -2.61. The Balaban J connectivity index is 1.35. The number of nitrogens with zero attached hydrogens (tertiary/aromatic N) is 2. The minimum Gasteiger partial charge on any atom is -0.396 e. The minimum absolute atomic E-state index is 0.0716. The third kappa shape index (κ3) is 7.06. The van der Waals surface area contributed by atoms with E-state index in [9.17, 15) is 19.2 Å². The van der Waals surface area contributed by atoms with E-state index in [-0.39, 0.29) is 45.8 Å². The number of pyridine rings is 1. The molecule has 6 atom stereocenters. The topological polar surface area (TPSA) is 159 Å². The number of urea groups is 1. The van der Waals surface area contributed by atoms with E-state index in [0.29, 0.717) is 37.4 Å². The number of hydrogen-bond acceptors (Lipinski definition) is 7. The number of allylic oxidation sites excluding steroid dienone is 1. The maximum absolute atomic E-state index is 14.7. The van der Waals surface area contributed by atoms with Gasteiger partial charge in [-0.3, -0.25) is 14.4 Å². The van der Waals surface area contributed by atoms with Gasteiger partial charge in [-0.1, -0.05) is 67.9 Å². The summed E-state index contributed by atoms with van der Waals surface area (Å²) in [5.74, 6) is 0.117. The average molecular weight is 664 g/mol. The van der Waals surface area contributed by atoms with Crippen LogP contribution in [0.2, 0.25) is 0 Å². The van der Waals surface area contributed by atoms with Crippen LogP contribution in [0.4, 0.5) is 10.6 Å². The van der Waals surface area contributed by atoms with Crippen molar-refractivity contribution in [3.63, 3.8) is 0 Å². The number of anilines is 1. The fourth-order valence-electron chi connectivity index (χ4n) is 8.22. The zero-order valence-corrected chi connectivity index (χ0v) is 30.2. The number of hydrogen-bond donors (Lipinski definition) is 5. The second-order valence-electron chi connectivity index (χ2n) is 17.5. The van der Waals surface area contributed by atoms with Crippen molar-refractivity contribution in [3.8, 4) is 0 Å². The zero-order chi connectivity index (χ0) is 35.2. The molecular formula is C37H57N7O4. The Kier molecular flexibility index (Phi) is 9.67. The average Bonchev–Trinajstić information content (AvgIpc) is 3.52. The molecule has 5 rings (SSSR count). The summed E-state index contributed by atoms with van der Waals surface area (Å²) in [4.78, 5) is 61.7. The van der Waals surface area contributed by atoms with Crippen LogP contribution < -0.4 is 27.0 Å². The van der Waals surface area contributed by atoms with Crippen molar-refractivity contribution < 1.29 is 19.2 Å². The van der Waals surface area contributed by atoms with Crippen molar-refractivity contribution in [2.24, 2.45) is 33.3 Å². The quantitative estimate of drug-likeness (QED) is 0.274. The fourth-order valence-corrected chi connectivity index (χ4v) is 8.22. The molecule has 1 aliphatic heterocycles. The Morgan fingerprint density at radius 3 is 2.35 bits per heavy atom. The van der Waals surface area contributed by atoms with Crippen LogP contribution in [0.25, 0.3) is 0 Å². The first-order valence-electron chi connectivity index (χ1n) is 17.7. The molecule has 11 heteroatoms. The van der Waals surface area contributed by atoms with Crippen LogP contribution in [-0.4, -0.2) is 70.8 Å². The van der Waals surface area contributed by atoms with Crippen LogP contribution >= 0.6 is 0 Å². The van der Waals surface area contributed by atoms with Gasteiger partial charge in [-0.25, -0.2) is 9.78 Å². The third-order valence-electron chi connectivity index (χ3n) is 11.8. The number of carbonyl (C=O) groups is 4. The Hall–Kier alpha value is -3.63. The van der Waals surface area contributed by atoms with E-state index in [1.54, 1.807) is 11.1 Å². The SMILES string of the molecule is CC(C)(C)C(CNc1ccccn1)NC(=O)N[C@H](C(=O)N1C[C@]2(CCCC2(C)C)C[C@H]1C(=O)NC1CC2CCC2=C(N)C1=O)C(C)(C)C. The van der Waals surface area contributed by atoms with Crippen LogP contribution in [-0.2, 0) is 14.4 Å². The van der Waals surface area contributed by atoms with Crippen molar-refractivity contribution >= 4 is 29.4 Å². The number of nitrogens with one attached hydrogen (secondary N) is 4. The first-order chi connectivity index (χ1) is 22.3. The van der Waals surface area contributed by atoms with Crippen LogP contribution in [0, 0.1) is 27.6 Å². The summed E-state index contributed by atoms with van der Waals surface area (Å²) >= 11 is 0. The van der Waals surface area contributed by atoms with Gasteiger partial charge in [-0.2, -0.15) is 0 Å². The smallest absolute Gasteiger partial charge is 0.315 e. The highest BCUT2D eigenvalue weighted by atomic mass is 16.2. The van der Waals surface area contributed by atoms with E-state index in [1.807, 2.05) is 59.7 Å². The third-order valence-corrected chi connectivity index (χ3v) is 11.8.